The van der Waals surface area contributed by atoms with Crippen LogP contribution in [-0.2, 0) is 16.0 Å². The number of carboxylic acids is 1. The van der Waals surface area contributed by atoms with E-state index in [0.717, 1.165) is 0 Å². The summed E-state index contributed by atoms with van der Waals surface area (Å²) < 4.78 is 0. The van der Waals surface area contributed by atoms with Gasteiger partial charge in [-0.3, -0.25) is 4.79 Å². The van der Waals surface area contributed by atoms with Crippen molar-refractivity contribution in [2.45, 2.75) is 25.8 Å². The van der Waals surface area contributed by atoms with Crippen LogP contribution in [0.1, 0.15) is 19.0 Å². The Balaban J connectivity index is 2.58. The number of hydrogen-bond acceptors (Lipinski definition) is 4. The van der Waals surface area contributed by atoms with Crippen molar-refractivity contribution >= 4 is 11.9 Å². The molecule has 2 atom stereocenters. The fourth-order valence-corrected chi connectivity index (χ4v) is 1.51. The molecule has 0 aliphatic heterocycles. The number of aromatic nitrogens is 2. The van der Waals surface area contributed by atoms with Crippen LogP contribution in [0.4, 0.5) is 0 Å². The maximum absolute atomic E-state index is 11.7. The molecule has 7 nitrogen and oxygen atoms in total. The van der Waals surface area contributed by atoms with Crippen molar-refractivity contribution in [2.75, 3.05) is 6.54 Å². The summed E-state index contributed by atoms with van der Waals surface area (Å²) >= 11 is 0. The Morgan fingerprint density at radius 1 is 1.61 bits per heavy atom. The summed E-state index contributed by atoms with van der Waals surface area (Å²) in [5.74, 6) is -1.66. The van der Waals surface area contributed by atoms with Crippen LogP contribution in [0.25, 0.3) is 0 Å². The molecule has 1 rings (SSSR count). The van der Waals surface area contributed by atoms with Crippen molar-refractivity contribution in [2.24, 2.45) is 11.7 Å². The first-order chi connectivity index (χ1) is 8.54. The second-order valence-corrected chi connectivity index (χ2v) is 4.16. The number of amides is 1. The lowest BCUT2D eigenvalue weighted by atomic mass is 10.1. The molecule has 100 valence electrons. The largest absolute Gasteiger partial charge is 0.480 e. The van der Waals surface area contributed by atoms with Crippen LogP contribution >= 0.6 is 0 Å². The van der Waals surface area contributed by atoms with Crippen molar-refractivity contribution in [3.05, 3.63) is 18.2 Å². The molecular weight excluding hydrogens is 236 g/mol. The number of hydrogen-bond donors (Lipinski definition) is 4. The Kier molecular flexibility index (Phi) is 5.31. The van der Waals surface area contributed by atoms with Crippen molar-refractivity contribution in [1.29, 1.82) is 0 Å². The monoisotopic (exact) mass is 254 g/mol. The molecule has 7 heteroatoms. The molecule has 0 aliphatic rings. The molecule has 1 aromatic heterocycles. The minimum Gasteiger partial charge on any atom is -0.480 e. The molecule has 1 aromatic rings. The molecule has 18 heavy (non-hydrogen) atoms. The summed E-state index contributed by atoms with van der Waals surface area (Å²) in [6.45, 7) is 2.12. The van der Waals surface area contributed by atoms with E-state index in [9.17, 15) is 9.59 Å². The SMILES string of the molecule is CC(CCN)C(=O)N[C@H](Cc1cnc[nH]1)C(=O)O. The molecule has 0 fully saturated rings. The minimum atomic E-state index is -1.07. The molecule has 0 spiro atoms. The number of rotatable bonds is 7. The van der Waals surface area contributed by atoms with Gasteiger partial charge in [-0.05, 0) is 13.0 Å². The Bertz CT molecular complexity index is 391. The Morgan fingerprint density at radius 2 is 2.33 bits per heavy atom. The molecule has 5 N–H and O–H groups in total. The number of carbonyl (C=O) groups excluding carboxylic acids is 1. The highest BCUT2D eigenvalue weighted by Crippen LogP contribution is 2.04. The smallest absolute Gasteiger partial charge is 0.326 e. The lowest BCUT2D eigenvalue weighted by Gasteiger charge is -2.16. The Morgan fingerprint density at radius 3 is 2.83 bits per heavy atom. The zero-order valence-electron chi connectivity index (χ0n) is 10.2. The van der Waals surface area contributed by atoms with Gasteiger partial charge in [-0.1, -0.05) is 6.92 Å². The van der Waals surface area contributed by atoms with Gasteiger partial charge in [0.15, 0.2) is 0 Å². The molecule has 1 heterocycles. The number of carbonyl (C=O) groups is 2. The zero-order valence-corrected chi connectivity index (χ0v) is 10.2. The van der Waals surface area contributed by atoms with E-state index in [1.54, 1.807) is 6.92 Å². The van der Waals surface area contributed by atoms with E-state index < -0.39 is 12.0 Å². The predicted molar refractivity (Wildman–Crippen MR) is 64.7 cm³/mol. The Hall–Kier alpha value is -1.89. The van der Waals surface area contributed by atoms with Crippen LogP contribution in [0.5, 0.6) is 0 Å². The first-order valence-corrected chi connectivity index (χ1v) is 5.75. The summed E-state index contributed by atoms with van der Waals surface area (Å²) in [4.78, 5) is 29.4. The second kappa shape index (κ2) is 6.75. The summed E-state index contributed by atoms with van der Waals surface area (Å²) in [6.07, 6.45) is 3.71. The average Bonchev–Trinajstić information content (AvgIpc) is 2.81. The predicted octanol–water partition coefficient (Wildman–Crippen LogP) is -0.493. The van der Waals surface area contributed by atoms with Gasteiger partial charge in [0, 0.05) is 24.2 Å². The zero-order chi connectivity index (χ0) is 13.5. The average molecular weight is 254 g/mol. The van der Waals surface area contributed by atoms with Crippen molar-refractivity contribution in [1.82, 2.24) is 15.3 Å². The highest BCUT2D eigenvalue weighted by molar-refractivity contribution is 5.84. The van der Waals surface area contributed by atoms with Crippen LogP contribution in [0.2, 0.25) is 0 Å². The van der Waals surface area contributed by atoms with Gasteiger partial charge in [0.05, 0.1) is 6.33 Å². The van der Waals surface area contributed by atoms with E-state index >= 15 is 0 Å². The fraction of sp³-hybridized carbons (Fsp3) is 0.545. The number of H-pyrrole nitrogens is 1. The lowest BCUT2D eigenvalue weighted by molar-refractivity contribution is -0.142. The number of aliphatic carboxylic acids is 1. The molecular formula is C11H18N4O3. The van der Waals surface area contributed by atoms with Gasteiger partial charge in [0.25, 0.3) is 0 Å². The van der Waals surface area contributed by atoms with Crippen LogP contribution in [0.3, 0.4) is 0 Å². The van der Waals surface area contributed by atoms with E-state index in [1.165, 1.54) is 12.5 Å². The summed E-state index contributed by atoms with van der Waals surface area (Å²) in [5, 5.41) is 11.6. The first-order valence-electron chi connectivity index (χ1n) is 5.75. The van der Waals surface area contributed by atoms with Gasteiger partial charge in [0.1, 0.15) is 6.04 Å². The van der Waals surface area contributed by atoms with Gasteiger partial charge >= 0.3 is 5.97 Å². The molecule has 1 unspecified atom stereocenters. The lowest BCUT2D eigenvalue weighted by Crippen LogP contribution is -2.44. The number of nitrogens with one attached hydrogen (secondary N) is 2. The molecule has 0 radical (unpaired) electrons. The van der Waals surface area contributed by atoms with Crippen molar-refractivity contribution in [3.63, 3.8) is 0 Å². The van der Waals surface area contributed by atoms with E-state index in [-0.39, 0.29) is 18.2 Å². The van der Waals surface area contributed by atoms with Gasteiger partial charge < -0.3 is 21.1 Å². The molecule has 0 saturated carbocycles. The number of aromatic amines is 1. The molecule has 1 amide bonds. The number of carboxylic acid groups (broad SMARTS) is 1. The van der Waals surface area contributed by atoms with E-state index in [2.05, 4.69) is 15.3 Å². The topological polar surface area (TPSA) is 121 Å². The Labute approximate surface area is 105 Å². The van der Waals surface area contributed by atoms with Crippen LogP contribution in [-0.4, -0.2) is 39.5 Å². The molecule has 0 saturated heterocycles. The van der Waals surface area contributed by atoms with E-state index in [0.29, 0.717) is 18.7 Å². The van der Waals surface area contributed by atoms with Gasteiger partial charge in [0.2, 0.25) is 5.91 Å². The van der Waals surface area contributed by atoms with Crippen molar-refractivity contribution in [3.8, 4) is 0 Å². The van der Waals surface area contributed by atoms with Gasteiger partial charge in [-0.2, -0.15) is 0 Å². The van der Waals surface area contributed by atoms with Crippen LogP contribution < -0.4 is 11.1 Å². The number of nitrogens with zero attached hydrogens (tertiary/aromatic N) is 1. The summed E-state index contributed by atoms with van der Waals surface area (Å²) in [5.41, 5.74) is 6.02. The first kappa shape index (κ1) is 14.2. The normalized spacial score (nSPS) is 13.9. The van der Waals surface area contributed by atoms with Crippen LogP contribution in [0, 0.1) is 5.92 Å². The number of nitrogens with two attached hydrogens (primary N) is 1. The van der Waals surface area contributed by atoms with E-state index in [4.69, 9.17) is 10.8 Å². The highest BCUT2D eigenvalue weighted by Gasteiger charge is 2.23. The summed E-state index contributed by atoms with van der Waals surface area (Å²) in [7, 11) is 0. The third-order valence-corrected chi connectivity index (χ3v) is 2.64. The third kappa shape index (κ3) is 4.17. The highest BCUT2D eigenvalue weighted by atomic mass is 16.4. The van der Waals surface area contributed by atoms with Crippen molar-refractivity contribution < 1.29 is 14.7 Å². The van der Waals surface area contributed by atoms with E-state index in [1.807, 2.05) is 0 Å². The molecule has 0 aromatic carbocycles. The second-order valence-electron chi connectivity index (χ2n) is 4.16. The number of imidazole rings is 1. The third-order valence-electron chi connectivity index (χ3n) is 2.64. The van der Waals surface area contributed by atoms with Gasteiger partial charge in [-0.15, -0.1) is 0 Å². The summed E-state index contributed by atoms with van der Waals surface area (Å²) in [6, 6.07) is -0.960. The minimum absolute atomic E-state index is 0.177. The van der Waals surface area contributed by atoms with Crippen LogP contribution in [0.15, 0.2) is 12.5 Å². The fourth-order valence-electron chi connectivity index (χ4n) is 1.51. The quantitative estimate of drug-likeness (QED) is 0.523. The van der Waals surface area contributed by atoms with Gasteiger partial charge in [-0.25, -0.2) is 9.78 Å². The standard InChI is InChI=1S/C11H18N4O3/c1-7(2-3-12)10(16)15-9(11(17)18)4-8-5-13-6-14-8/h5-7,9H,2-4,12H2,1H3,(H,13,14)(H,15,16)(H,17,18)/t7?,9-/m1/s1. The molecule has 0 bridgehead atoms. The maximum Gasteiger partial charge on any atom is 0.326 e. The maximum atomic E-state index is 11.7. The molecule has 0 aliphatic carbocycles.